The van der Waals surface area contributed by atoms with Gasteiger partial charge >= 0.3 is 29.0 Å². The van der Waals surface area contributed by atoms with E-state index < -0.39 is 22.4 Å². The number of aliphatic carboxylic acids is 1. The number of benzene rings is 1. The van der Waals surface area contributed by atoms with E-state index in [0.29, 0.717) is 6.42 Å². The summed E-state index contributed by atoms with van der Waals surface area (Å²) < 4.78 is 34.1. The van der Waals surface area contributed by atoms with Crippen molar-refractivity contribution in [2.24, 2.45) is 5.73 Å². The molecule has 18 heavy (non-hydrogen) atoms. The first-order valence-corrected chi connectivity index (χ1v) is 5.72. The molecule has 0 aliphatic rings. The van der Waals surface area contributed by atoms with E-state index in [4.69, 9.17) is 28.4 Å². The van der Waals surface area contributed by atoms with E-state index in [1.54, 1.807) is 0 Å². The van der Waals surface area contributed by atoms with Gasteiger partial charge in [0.2, 0.25) is 0 Å². The Labute approximate surface area is 121 Å². The summed E-state index contributed by atoms with van der Waals surface area (Å²) in [6.45, 7) is 0. The molecule has 7 nitrogen and oxygen atoms in total. The monoisotopic (exact) mass is 285 g/mol. The minimum absolute atomic E-state index is 0. The molecule has 0 aliphatic carbocycles. The van der Waals surface area contributed by atoms with Gasteiger partial charge in [-0.2, -0.15) is 0 Å². The van der Waals surface area contributed by atoms with Crippen LogP contribution < -0.4 is 5.73 Å². The molecule has 0 aliphatic heterocycles. The zero-order chi connectivity index (χ0) is 13.5. The number of hydrogen-bond donors (Lipinski definition) is 2. The average molecular weight is 286 g/mol. The molecule has 1 rings (SSSR count). The molecule has 0 aromatic heterocycles. The van der Waals surface area contributed by atoms with Crippen LogP contribution in [-0.4, -0.2) is 57.7 Å². The van der Waals surface area contributed by atoms with E-state index in [1.165, 1.54) is 0 Å². The molecule has 1 aromatic rings. The van der Waals surface area contributed by atoms with Gasteiger partial charge in [-0.25, -0.2) is 0 Å². The fourth-order valence-electron chi connectivity index (χ4n) is 0.955. The maximum Gasteiger partial charge on any atom is 2.00 e. The third kappa shape index (κ3) is 13.4. The van der Waals surface area contributed by atoms with Crippen molar-refractivity contribution in [3.8, 4) is 0 Å². The molecule has 0 radical (unpaired) electrons. The quantitative estimate of drug-likeness (QED) is 0.408. The van der Waals surface area contributed by atoms with Gasteiger partial charge < -0.3 is 19.9 Å². The SMILES string of the molecule is N[C@@H](Cc1ccccc1)C(=O)O.O=S(=O)([O-])[O-].[Mg+2]. The largest absolute Gasteiger partial charge is 2.00 e. The Balaban J connectivity index is 0. The second kappa shape index (κ2) is 9.25. The number of rotatable bonds is 3. The van der Waals surface area contributed by atoms with Crippen molar-refractivity contribution in [2.75, 3.05) is 0 Å². The molecule has 0 heterocycles. The fourth-order valence-corrected chi connectivity index (χ4v) is 0.955. The van der Waals surface area contributed by atoms with E-state index in [-0.39, 0.29) is 23.1 Å². The second-order valence-corrected chi connectivity index (χ2v) is 3.86. The van der Waals surface area contributed by atoms with Gasteiger partial charge in [-0.15, -0.1) is 0 Å². The summed E-state index contributed by atoms with van der Waals surface area (Å²) >= 11 is 0. The van der Waals surface area contributed by atoms with Crippen molar-refractivity contribution in [3.63, 3.8) is 0 Å². The number of carbonyl (C=O) groups is 1. The minimum Gasteiger partial charge on any atom is -0.759 e. The van der Waals surface area contributed by atoms with E-state index >= 15 is 0 Å². The minimum atomic E-state index is -5.17. The van der Waals surface area contributed by atoms with Crippen LogP contribution >= 0.6 is 0 Å². The maximum atomic E-state index is 10.4. The standard InChI is InChI=1S/C9H11NO2.Mg.H2O4S/c10-8(9(11)12)6-7-4-2-1-3-5-7;;1-5(2,3)4/h1-5,8H,6,10H2,(H,11,12);;(H2,1,2,3,4)/q;+2;/p-2/t8-;;/m0../s1. The van der Waals surface area contributed by atoms with Crippen molar-refractivity contribution >= 4 is 39.4 Å². The Morgan fingerprint density at radius 1 is 1.28 bits per heavy atom. The smallest absolute Gasteiger partial charge is 0.759 e. The number of hydrogen-bond acceptors (Lipinski definition) is 6. The van der Waals surface area contributed by atoms with E-state index in [1.807, 2.05) is 30.3 Å². The number of nitrogens with two attached hydrogens (primary N) is 1. The number of carboxylic acids is 1. The molecule has 1 atom stereocenters. The Kier molecular flexibility index (Phi) is 10.1. The predicted molar refractivity (Wildman–Crippen MR) is 62.0 cm³/mol. The van der Waals surface area contributed by atoms with Gasteiger partial charge in [0, 0.05) is 10.4 Å². The van der Waals surface area contributed by atoms with Gasteiger partial charge in [-0.05, 0) is 12.0 Å². The van der Waals surface area contributed by atoms with Crippen LogP contribution in [0.2, 0.25) is 0 Å². The third-order valence-corrected chi connectivity index (χ3v) is 1.62. The zero-order valence-corrected chi connectivity index (χ0v) is 11.6. The molecule has 3 N–H and O–H groups in total. The van der Waals surface area contributed by atoms with E-state index in [9.17, 15) is 4.79 Å². The van der Waals surface area contributed by atoms with Gasteiger partial charge in [0.05, 0.1) is 0 Å². The Bertz CT molecular complexity index is 441. The van der Waals surface area contributed by atoms with Crippen LogP contribution in [-0.2, 0) is 21.6 Å². The van der Waals surface area contributed by atoms with Crippen LogP contribution in [0, 0.1) is 0 Å². The molecule has 0 spiro atoms. The normalized spacial score (nSPS) is 11.5. The van der Waals surface area contributed by atoms with Crippen LogP contribution in [0.15, 0.2) is 30.3 Å². The summed E-state index contributed by atoms with van der Waals surface area (Å²) in [5.41, 5.74) is 6.30. The Morgan fingerprint density at radius 3 is 2.00 bits per heavy atom. The predicted octanol–water partition coefficient (Wildman–Crippen LogP) is -1.08. The van der Waals surface area contributed by atoms with Crippen LogP contribution in [0.3, 0.4) is 0 Å². The van der Waals surface area contributed by atoms with Crippen LogP contribution in [0.1, 0.15) is 5.56 Å². The van der Waals surface area contributed by atoms with Crippen LogP contribution in [0.25, 0.3) is 0 Å². The molecule has 0 fully saturated rings. The van der Waals surface area contributed by atoms with Gasteiger partial charge in [0.15, 0.2) is 0 Å². The molecule has 0 bridgehead atoms. The van der Waals surface area contributed by atoms with Gasteiger partial charge in [-0.3, -0.25) is 13.2 Å². The molecule has 9 heteroatoms. The second-order valence-electron chi connectivity index (χ2n) is 3.04. The van der Waals surface area contributed by atoms with Crippen molar-refractivity contribution in [3.05, 3.63) is 35.9 Å². The molecule has 0 amide bonds. The summed E-state index contributed by atoms with van der Waals surface area (Å²) in [5, 5.41) is 8.52. The molecule has 0 unspecified atom stereocenters. The summed E-state index contributed by atoms with van der Waals surface area (Å²) in [7, 11) is -5.17. The first-order valence-electron chi connectivity index (χ1n) is 4.39. The zero-order valence-electron chi connectivity index (χ0n) is 9.35. The Hall–Kier alpha value is -0.714. The van der Waals surface area contributed by atoms with Crippen molar-refractivity contribution in [1.29, 1.82) is 0 Å². The van der Waals surface area contributed by atoms with Crippen molar-refractivity contribution in [1.82, 2.24) is 0 Å². The van der Waals surface area contributed by atoms with Crippen LogP contribution in [0.4, 0.5) is 0 Å². The van der Waals surface area contributed by atoms with Gasteiger partial charge in [0.1, 0.15) is 6.04 Å². The summed E-state index contributed by atoms with van der Waals surface area (Å²) in [6, 6.07) is 8.54. The summed E-state index contributed by atoms with van der Waals surface area (Å²) in [5.74, 6) is -0.959. The topological polar surface area (TPSA) is 144 Å². The number of carboxylic acid groups (broad SMARTS) is 1. The third-order valence-electron chi connectivity index (χ3n) is 1.62. The van der Waals surface area contributed by atoms with Gasteiger partial charge in [-0.1, -0.05) is 30.3 Å². The van der Waals surface area contributed by atoms with Gasteiger partial charge in [0.25, 0.3) is 0 Å². The van der Waals surface area contributed by atoms with Crippen molar-refractivity contribution < 1.29 is 27.4 Å². The molecule has 0 saturated heterocycles. The molecule has 1 aromatic carbocycles. The fraction of sp³-hybridized carbons (Fsp3) is 0.222. The van der Waals surface area contributed by atoms with Crippen LogP contribution in [0.5, 0.6) is 0 Å². The van der Waals surface area contributed by atoms with E-state index in [2.05, 4.69) is 0 Å². The molecule has 0 saturated carbocycles. The van der Waals surface area contributed by atoms with Crippen molar-refractivity contribution in [2.45, 2.75) is 12.5 Å². The summed E-state index contributed by atoms with van der Waals surface area (Å²) in [4.78, 5) is 10.4. The molecular formula is C9H11MgNO6S. The Morgan fingerprint density at radius 2 is 1.67 bits per heavy atom. The average Bonchev–Trinajstić information content (AvgIpc) is 2.16. The summed E-state index contributed by atoms with van der Waals surface area (Å²) in [6.07, 6.45) is 0.385. The maximum absolute atomic E-state index is 10.4. The first kappa shape index (κ1) is 19.6. The first-order chi connectivity index (χ1) is 7.70. The van der Waals surface area contributed by atoms with E-state index in [0.717, 1.165) is 5.56 Å². The molecule has 96 valence electrons. The molecular weight excluding hydrogens is 274 g/mol.